The Kier molecular flexibility index (Phi) is 5.92. The van der Waals surface area contributed by atoms with Crippen LogP contribution in [0.2, 0.25) is 0 Å². The molecule has 8 heteroatoms. The number of pyridine rings is 1. The lowest BCUT2D eigenvalue weighted by Gasteiger charge is -2.06. The highest BCUT2D eigenvalue weighted by Crippen LogP contribution is 2.36. The lowest BCUT2D eigenvalue weighted by Crippen LogP contribution is -2.32. The van der Waals surface area contributed by atoms with Crippen molar-refractivity contribution in [2.75, 3.05) is 13.7 Å². The summed E-state index contributed by atoms with van der Waals surface area (Å²) in [5, 5.41) is 7.39. The highest BCUT2D eigenvalue weighted by molar-refractivity contribution is 5.76. The molecule has 1 amide bonds. The van der Waals surface area contributed by atoms with E-state index in [4.69, 9.17) is 4.74 Å². The highest BCUT2D eigenvalue weighted by Gasteiger charge is 2.30. The number of hydrogen-bond acceptors (Lipinski definition) is 5. The number of hydrogen-bond donors (Lipinski definition) is 1. The molecule has 0 saturated heterocycles. The second kappa shape index (κ2) is 8.94. The van der Waals surface area contributed by atoms with Crippen molar-refractivity contribution in [1.29, 1.82) is 0 Å². The van der Waals surface area contributed by atoms with Gasteiger partial charge in [-0.05, 0) is 49.1 Å². The largest absolute Gasteiger partial charge is 0.497 e. The van der Waals surface area contributed by atoms with Gasteiger partial charge in [0.2, 0.25) is 5.91 Å². The van der Waals surface area contributed by atoms with Gasteiger partial charge in [-0.2, -0.15) is 0 Å². The average Bonchev–Trinajstić information content (AvgIpc) is 3.57. The summed E-state index contributed by atoms with van der Waals surface area (Å²) in [7, 11) is 1.63. The molecule has 1 fully saturated rings. The highest BCUT2D eigenvalue weighted by atomic mass is 16.5. The van der Waals surface area contributed by atoms with Crippen molar-refractivity contribution in [3.05, 3.63) is 64.8 Å². The van der Waals surface area contributed by atoms with Gasteiger partial charge in [-0.15, -0.1) is 5.10 Å². The van der Waals surface area contributed by atoms with E-state index in [1.165, 1.54) is 4.68 Å². The first-order chi connectivity index (χ1) is 14.7. The predicted octanol–water partition coefficient (Wildman–Crippen LogP) is 2.20. The number of carbonyl (C=O) groups excluding carboxylic acids is 1. The van der Waals surface area contributed by atoms with Crippen LogP contribution in [0.5, 0.6) is 5.75 Å². The van der Waals surface area contributed by atoms with E-state index in [0.717, 1.165) is 29.7 Å². The monoisotopic (exact) mass is 407 g/mol. The van der Waals surface area contributed by atoms with Crippen LogP contribution in [0, 0.1) is 0 Å². The van der Waals surface area contributed by atoms with E-state index in [-0.39, 0.29) is 17.6 Å². The topological polar surface area (TPSA) is 91.0 Å². The maximum atomic E-state index is 12.8. The molecule has 0 unspecified atom stereocenters. The summed E-state index contributed by atoms with van der Waals surface area (Å²) in [4.78, 5) is 29.1. The van der Waals surface area contributed by atoms with E-state index in [0.29, 0.717) is 31.8 Å². The van der Waals surface area contributed by atoms with Gasteiger partial charge < -0.3 is 10.1 Å². The smallest absolute Gasteiger partial charge is 0.346 e. The number of nitrogens with one attached hydrogen (secondary N) is 1. The number of rotatable bonds is 9. The van der Waals surface area contributed by atoms with Crippen LogP contribution in [-0.2, 0) is 17.8 Å². The third-order valence-corrected chi connectivity index (χ3v) is 5.15. The molecule has 1 N–H and O–H groups in total. The lowest BCUT2D eigenvalue weighted by molar-refractivity contribution is -0.121. The number of carbonyl (C=O) groups is 1. The van der Waals surface area contributed by atoms with Crippen LogP contribution in [0.3, 0.4) is 0 Å². The number of nitrogens with zero attached hydrogens (tertiary/aromatic N) is 4. The van der Waals surface area contributed by atoms with E-state index in [1.807, 2.05) is 36.4 Å². The van der Waals surface area contributed by atoms with E-state index in [2.05, 4.69) is 15.4 Å². The van der Waals surface area contributed by atoms with Gasteiger partial charge in [0.15, 0.2) is 5.82 Å². The van der Waals surface area contributed by atoms with E-state index in [9.17, 15) is 9.59 Å². The summed E-state index contributed by atoms with van der Waals surface area (Å²) >= 11 is 0. The molecule has 0 radical (unpaired) electrons. The summed E-state index contributed by atoms with van der Waals surface area (Å²) in [6.07, 6.45) is 6.42. The molecule has 0 aliphatic heterocycles. The molecule has 8 nitrogen and oxygen atoms in total. The van der Waals surface area contributed by atoms with Gasteiger partial charge in [0, 0.05) is 37.0 Å². The zero-order chi connectivity index (χ0) is 20.9. The Morgan fingerprint density at radius 1 is 1.23 bits per heavy atom. The van der Waals surface area contributed by atoms with Gasteiger partial charge in [-0.1, -0.05) is 12.1 Å². The first kappa shape index (κ1) is 19.9. The van der Waals surface area contributed by atoms with Crippen LogP contribution < -0.4 is 15.7 Å². The number of amides is 1. The Labute approximate surface area is 174 Å². The molecule has 0 bridgehead atoms. The molecule has 4 rings (SSSR count). The lowest BCUT2D eigenvalue weighted by atomic mass is 10.1. The second-order valence-electron chi connectivity index (χ2n) is 7.37. The van der Waals surface area contributed by atoms with E-state index < -0.39 is 0 Å². The third-order valence-electron chi connectivity index (χ3n) is 5.15. The molecule has 2 aromatic heterocycles. The molecule has 1 saturated carbocycles. The summed E-state index contributed by atoms with van der Waals surface area (Å²) in [6.45, 7) is 0.690. The first-order valence-electron chi connectivity index (χ1n) is 10.1. The Morgan fingerprint density at radius 2 is 2.03 bits per heavy atom. The number of aryl methyl sites for hydroxylation is 1. The quantitative estimate of drug-likeness (QED) is 0.587. The fraction of sp³-hybridized carbons (Fsp3) is 0.364. The maximum absolute atomic E-state index is 12.8. The number of benzene rings is 1. The van der Waals surface area contributed by atoms with Crippen molar-refractivity contribution in [2.45, 2.75) is 38.3 Å². The second-order valence-corrected chi connectivity index (χ2v) is 7.37. The van der Waals surface area contributed by atoms with Gasteiger partial charge >= 0.3 is 5.69 Å². The first-order valence-corrected chi connectivity index (χ1v) is 10.1. The van der Waals surface area contributed by atoms with Crippen molar-refractivity contribution < 1.29 is 9.53 Å². The fourth-order valence-electron chi connectivity index (χ4n) is 3.36. The third kappa shape index (κ3) is 4.59. The van der Waals surface area contributed by atoms with Gasteiger partial charge in [0.25, 0.3) is 0 Å². The molecule has 0 spiro atoms. The summed E-state index contributed by atoms with van der Waals surface area (Å²) < 4.78 is 8.33. The molecule has 156 valence electrons. The molecule has 0 atom stereocenters. The van der Waals surface area contributed by atoms with Crippen molar-refractivity contribution in [1.82, 2.24) is 24.6 Å². The van der Waals surface area contributed by atoms with Crippen LogP contribution in [0.1, 0.15) is 30.9 Å². The molecule has 1 aliphatic carbocycles. The Bertz CT molecular complexity index is 1050. The SMILES string of the molecule is COc1ccc(CCC(=O)NCCn2nc(-c3cccnc3)n(C3CC3)c2=O)cc1. The maximum Gasteiger partial charge on any atom is 0.346 e. The molecular weight excluding hydrogens is 382 g/mol. The number of methoxy groups -OCH3 is 1. The molecule has 2 heterocycles. The summed E-state index contributed by atoms with van der Waals surface area (Å²) in [5.74, 6) is 1.39. The number of ether oxygens (including phenoxy) is 1. The zero-order valence-corrected chi connectivity index (χ0v) is 17.0. The summed E-state index contributed by atoms with van der Waals surface area (Å²) in [5.41, 5.74) is 1.76. The van der Waals surface area contributed by atoms with Crippen molar-refractivity contribution in [2.24, 2.45) is 0 Å². The minimum atomic E-state index is -0.135. The molecule has 1 aromatic carbocycles. The molecular formula is C22H25N5O3. The Hall–Kier alpha value is -3.42. The molecule has 1 aliphatic rings. The van der Waals surface area contributed by atoms with E-state index in [1.54, 1.807) is 24.1 Å². The number of aromatic nitrogens is 4. The summed E-state index contributed by atoms with van der Waals surface area (Å²) in [6, 6.07) is 11.6. The fourth-order valence-corrected chi connectivity index (χ4v) is 3.36. The molecule has 30 heavy (non-hydrogen) atoms. The Balaban J connectivity index is 1.33. The van der Waals surface area contributed by atoms with Crippen molar-refractivity contribution >= 4 is 5.91 Å². The van der Waals surface area contributed by atoms with Crippen LogP contribution >= 0.6 is 0 Å². The van der Waals surface area contributed by atoms with Crippen LogP contribution in [0.25, 0.3) is 11.4 Å². The zero-order valence-electron chi connectivity index (χ0n) is 17.0. The Morgan fingerprint density at radius 3 is 2.70 bits per heavy atom. The van der Waals surface area contributed by atoms with Crippen LogP contribution in [-0.4, -0.2) is 38.9 Å². The van der Waals surface area contributed by atoms with Crippen molar-refractivity contribution in [3.8, 4) is 17.1 Å². The van der Waals surface area contributed by atoms with Crippen LogP contribution in [0.15, 0.2) is 53.6 Å². The minimum Gasteiger partial charge on any atom is -0.497 e. The minimum absolute atomic E-state index is 0.0482. The molecule has 3 aromatic rings. The predicted molar refractivity (Wildman–Crippen MR) is 112 cm³/mol. The van der Waals surface area contributed by atoms with Crippen LogP contribution in [0.4, 0.5) is 0 Å². The van der Waals surface area contributed by atoms with Gasteiger partial charge in [0.1, 0.15) is 5.75 Å². The van der Waals surface area contributed by atoms with E-state index >= 15 is 0 Å². The normalized spacial score (nSPS) is 13.2. The van der Waals surface area contributed by atoms with Gasteiger partial charge in [-0.3, -0.25) is 14.3 Å². The van der Waals surface area contributed by atoms with Crippen molar-refractivity contribution in [3.63, 3.8) is 0 Å². The average molecular weight is 407 g/mol. The standard InChI is InChI=1S/C22H25N5O3/c1-30-19-9-4-16(5-10-19)6-11-20(28)24-13-14-26-22(29)27(18-7-8-18)21(25-26)17-3-2-12-23-15-17/h2-5,9-10,12,15,18H,6-8,11,13-14H2,1H3,(H,24,28). The van der Waals surface area contributed by atoms with Gasteiger partial charge in [-0.25, -0.2) is 9.48 Å². The van der Waals surface area contributed by atoms with Gasteiger partial charge in [0.05, 0.1) is 13.7 Å².